The summed E-state index contributed by atoms with van der Waals surface area (Å²) in [7, 11) is 0. The van der Waals surface area contributed by atoms with Crippen molar-refractivity contribution in [1.29, 1.82) is 0 Å². The standard InChI is InChI=1S/C19H28N2O3/c1-12(2)20-10-16(22)11-23-17-8-6-7-15-9-18(24-19(15)17)14(5)21-13(3)4/h6-9,12-13,16,20,22H,10-11H2,1-5H3. The molecule has 1 aromatic heterocycles. The van der Waals surface area contributed by atoms with Gasteiger partial charge in [0.1, 0.15) is 18.5 Å². The molecule has 0 radical (unpaired) electrons. The van der Waals surface area contributed by atoms with E-state index in [1.807, 2.05) is 58.9 Å². The largest absolute Gasteiger partial charge is 0.487 e. The Kier molecular flexibility index (Phi) is 6.40. The van der Waals surface area contributed by atoms with Crippen LogP contribution in [-0.4, -0.2) is 42.2 Å². The molecule has 0 saturated heterocycles. The first-order chi connectivity index (χ1) is 11.4. The fraction of sp³-hybridized carbons (Fsp3) is 0.526. The van der Waals surface area contributed by atoms with Crippen molar-refractivity contribution in [1.82, 2.24) is 5.32 Å². The molecule has 0 aliphatic carbocycles. The third kappa shape index (κ3) is 5.08. The van der Waals surface area contributed by atoms with Crippen molar-refractivity contribution in [3.63, 3.8) is 0 Å². The van der Waals surface area contributed by atoms with Crippen LogP contribution in [0.25, 0.3) is 11.0 Å². The molecule has 5 heteroatoms. The normalized spacial score (nSPS) is 13.9. The highest BCUT2D eigenvalue weighted by Crippen LogP contribution is 2.29. The summed E-state index contributed by atoms with van der Waals surface area (Å²) in [6.07, 6.45) is -0.568. The van der Waals surface area contributed by atoms with Gasteiger partial charge in [0.05, 0.1) is 5.71 Å². The highest BCUT2D eigenvalue weighted by Gasteiger charge is 2.13. The predicted octanol–water partition coefficient (Wildman–Crippen LogP) is 3.39. The Bertz CT molecular complexity index is 689. The molecule has 1 heterocycles. The lowest BCUT2D eigenvalue weighted by Crippen LogP contribution is -2.35. The van der Waals surface area contributed by atoms with Gasteiger partial charge in [0.15, 0.2) is 11.3 Å². The summed E-state index contributed by atoms with van der Waals surface area (Å²) in [5.41, 5.74) is 1.56. The Labute approximate surface area is 143 Å². The van der Waals surface area contributed by atoms with Crippen LogP contribution in [0.4, 0.5) is 0 Å². The van der Waals surface area contributed by atoms with Crippen molar-refractivity contribution in [3.05, 3.63) is 30.0 Å². The van der Waals surface area contributed by atoms with E-state index in [-0.39, 0.29) is 12.6 Å². The molecule has 2 aromatic rings. The molecule has 0 bridgehead atoms. The van der Waals surface area contributed by atoms with Crippen LogP contribution in [-0.2, 0) is 0 Å². The second-order valence-electron chi connectivity index (χ2n) is 6.62. The number of aliphatic hydroxyl groups is 1. The molecule has 0 saturated carbocycles. The van der Waals surface area contributed by atoms with E-state index in [2.05, 4.69) is 10.3 Å². The van der Waals surface area contributed by atoms with Crippen LogP contribution in [0.1, 0.15) is 40.4 Å². The van der Waals surface area contributed by atoms with E-state index in [0.29, 0.717) is 23.9 Å². The minimum Gasteiger partial charge on any atom is -0.487 e. The zero-order valence-electron chi connectivity index (χ0n) is 15.2. The summed E-state index contributed by atoms with van der Waals surface area (Å²) < 4.78 is 11.7. The molecule has 0 spiro atoms. The SMILES string of the molecule is CC(=NC(C)C)c1cc2cccc(OCC(O)CNC(C)C)c2o1. The van der Waals surface area contributed by atoms with E-state index in [4.69, 9.17) is 9.15 Å². The van der Waals surface area contributed by atoms with Gasteiger partial charge in [-0.2, -0.15) is 0 Å². The van der Waals surface area contributed by atoms with Gasteiger partial charge in [-0.15, -0.1) is 0 Å². The number of aliphatic hydroxyl groups excluding tert-OH is 1. The molecule has 0 amide bonds. The minimum absolute atomic E-state index is 0.216. The lowest BCUT2D eigenvalue weighted by atomic mass is 10.2. The summed E-state index contributed by atoms with van der Waals surface area (Å²) >= 11 is 0. The average Bonchev–Trinajstić information content (AvgIpc) is 2.95. The smallest absolute Gasteiger partial charge is 0.176 e. The average molecular weight is 332 g/mol. The van der Waals surface area contributed by atoms with Gasteiger partial charge >= 0.3 is 0 Å². The van der Waals surface area contributed by atoms with E-state index in [1.54, 1.807) is 0 Å². The molecule has 1 unspecified atom stereocenters. The van der Waals surface area contributed by atoms with Crippen LogP contribution in [0, 0.1) is 0 Å². The Morgan fingerprint density at radius 3 is 2.71 bits per heavy atom. The molecule has 0 fully saturated rings. The zero-order chi connectivity index (χ0) is 17.7. The van der Waals surface area contributed by atoms with Gasteiger partial charge in [-0.25, -0.2) is 0 Å². The van der Waals surface area contributed by atoms with Gasteiger partial charge in [-0.1, -0.05) is 26.0 Å². The maximum absolute atomic E-state index is 9.99. The van der Waals surface area contributed by atoms with Gasteiger partial charge < -0.3 is 19.6 Å². The molecule has 2 rings (SSSR count). The number of hydrogen-bond donors (Lipinski definition) is 2. The number of fused-ring (bicyclic) bond motifs is 1. The maximum Gasteiger partial charge on any atom is 0.176 e. The van der Waals surface area contributed by atoms with Crippen LogP contribution < -0.4 is 10.1 Å². The van der Waals surface area contributed by atoms with Gasteiger partial charge in [0.25, 0.3) is 0 Å². The fourth-order valence-corrected chi connectivity index (χ4v) is 2.40. The number of furan rings is 1. The minimum atomic E-state index is -0.568. The van der Waals surface area contributed by atoms with E-state index < -0.39 is 6.10 Å². The van der Waals surface area contributed by atoms with E-state index in [0.717, 1.165) is 16.9 Å². The second-order valence-corrected chi connectivity index (χ2v) is 6.62. The molecule has 0 aliphatic heterocycles. The number of nitrogens with zero attached hydrogens (tertiary/aromatic N) is 1. The van der Waals surface area contributed by atoms with E-state index in [9.17, 15) is 5.11 Å². The first-order valence-corrected chi connectivity index (χ1v) is 8.48. The number of hydrogen-bond acceptors (Lipinski definition) is 5. The van der Waals surface area contributed by atoms with Crippen molar-refractivity contribution >= 4 is 16.7 Å². The Morgan fingerprint density at radius 2 is 2.04 bits per heavy atom. The van der Waals surface area contributed by atoms with E-state index in [1.165, 1.54) is 0 Å². The maximum atomic E-state index is 9.99. The van der Waals surface area contributed by atoms with E-state index >= 15 is 0 Å². The predicted molar refractivity (Wildman–Crippen MR) is 98.2 cm³/mol. The Morgan fingerprint density at radius 1 is 1.29 bits per heavy atom. The summed E-state index contributed by atoms with van der Waals surface area (Å²) in [5, 5.41) is 14.1. The number of para-hydroxylation sites is 1. The molecule has 1 atom stereocenters. The first-order valence-electron chi connectivity index (χ1n) is 8.48. The van der Waals surface area contributed by atoms with Crippen molar-refractivity contribution in [2.24, 2.45) is 4.99 Å². The quantitative estimate of drug-likeness (QED) is 0.727. The highest BCUT2D eigenvalue weighted by atomic mass is 16.5. The number of nitrogens with one attached hydrogen (secondary N) is 1. The molecule has 132 valence electrons. The van der Waals surface area contributed by atoms with Gasteiger partial charge in [-0.05, 0) is 32.9 Å². The summed E-state index contributed by atoms with van der Waals surface area (Å²) in [6, 6.07) is 8.28. The van der Waals surface area contributed by atoms with Crippen LogP contribution in [0.3, 0.4) is 0 Å². The summed E-state index contributed by atoms with van der Waals surface area (Å²) in [6.45, 7) is 10.8. The Balaban J connectivity index is 2.12. The molecule has 24 heavy (non-hydrogen) atoms. The third-order valence-corrected chi connectivity index (χ3v) is 3.51. The van der Waals surface area contributed by atoms with Gasteiger partial charge in [0, 0.05) is 24.0 Å². The number of ether oxygens (including phenoxy) is 1. The topological polar surface area (TPSA) is 67.0 Å². The van der Waals surface area contributed by atoms with Crippen LogP contribution >= 0.6 is 0 Å². The number of rotatable bonds is 8. The highest BCUT2D eigenvalue weighted by molar-refractivity contribution is 6.00. The van der Waals surface area contributed by atoms with Crippen LogP contribution in [0.5, 0.6) is 5.75 Å². The molecular weight excluding hydrogens is 304 g/mol. The van der Waals surface area contributed by atoms with Crippen molar-refractivity contribution in [2.75, 3.05) is 13.2 Å². The van der Waals surface area contributed by atoms with Gasteiger partial charge in [0.2, 0.25) is 0 Å². The number of benzene rings is 1. The monoisotopic (exact) mass is 332 g/mol. The fourth-order valence-electron chi connectivity index (χ4n) is 2.40. The molecule has 5 nitrogen and oxygen atoms in total. The van der Waals surface area contributed by atoms with Gasteiger partial charge in [-0.3, -0.25) is 4.99 Å². The van der Waals surface area contributed by atoms with Crippen molar-refractivity contribution < 1.29 is 14.3 Å². The summed E-state index contributed by atoms with van der Waals surface area (Å²) in [4.78, 5) is 4.52. The van der Waals surface area contributed by atoms with Crippen LogP contribution in [0.15, 0.2) is 33.7 Å². The van der Waals surface area contributed by atoms with Crippen molar-refractivity contribution in [2.45, 2.75) is 52.8 Å². The van der Waals surface area contributed by atoms with Crippen LogP contribution in [0.2, 0.25) is 0 Å². The lowest BCUT2D eigenvalue weighted by Gasteiger charge is -2.15. The third-order valence-electron chi connectivity index (χ3n) is 3.51. The molecule has 2 N–H and O–H groups in total. The molecule has 0 aliphatic rings. The van der Waals surface area contributed by atoms with Crippen molar-refractivity contribution in [3.8, 4) is 5.75 Å². The first kappa shape index (κ1) is 18.5. The lowest BCUT2D eigenvalue weighted by molar-refractivity contribution is 0.105. The molecule has 1 aromatic carbocycles. The Hall–Kier alpha value is -1.85. The summed E-state index contributed by atoms with van der Waals surface area (Å²) in [5.74, 6) is 1.39. The molecular formula is C19H28N2O3. The number of aliphatic imine (C=N–C) groups is 1. The zero-order valence-corrected chi connectivity index (χ0v) is 15.2. The second kappa shape index (κ2) is 8.31.